The molecule has 3 aliphatic rings. The lowest BCUT2D eigenvalue weighted by Gasteiger charge is -2.25. The summed E-state index contributed by atoms with van der Waals surface area (Å²) in [4.78, 5) is 0. The van der Waals surface area contributed by atoms with Crippen molar-refractivity contribution in [3.63, 3.8) is 0 Å². The van der Waals surface area contributed by atoms with Gasteiger partial charge in [-0.05, 0) is 114 Å². The second-order valence-corrected chi connectivity index (χ2v) is 18.4. The maximum atomic E-state index is 6.47. The van der Waals surface area contributed by atoms with Gasteiger partial charge in [0.25, 0.3) is 0 Å². The number of para-hydroxylation sites is 1. The van der Waals surface area contributed by atoms with E-state index in [-0.39, 0.29) is 23.4 Å². The highest BCUT2D eigenvalue weighted by atomic mass is 16.5. The molecule has 1 aromatic heterocycles. The van der Waals surface area contributed by atoms with E-state index in [1.54, 1.807) is 0 Å². The van der Waals surface area contributed by atoms with Crippen molar-refractivity contribution in [1.29, 1.82) is 0 Å². The number of aromatic nitrogens is 1. The Labute approximate surface area is 374 Å². The standard InChI is InChI=1S/C62H45NO/c1-62(2)55-23-10-7-19-48(55)53-37-45(28-32-56(53)62)61(44-27-26-39-14-3-4-15-40(39)35-44)52-22-6-5-18-47(52)43-17-13-16-41(34-43)42-29-33-58-54(36-42)49-20-8-11-24-57(49)63(58)46-30-31-51-50-21-9-12-25-59(50)64-60(51)38-46/h3-38,50,59,61H,1-2H3/t50-,59?,61?/m1/s1. The molecule has 304 valence electrons. The monoisotopic (exact) mass is 819 g/mol. The van der Waals surface area contributed by atoms with Gasteiger partial charge >= 0.3 is 0 Å². The van der Waals surface area contributed by atoms with E-state index in [9.17, 15) is 0 Å². The molecule has 9 aromatic carbocycles. The Balaban J connectivity index is 0.929. The van der Waals surface area contributed by atoms with Crippen molar-refractivity contribution in [3.05, 3.63) is 252 Å². The van der Waals surface area contributed by atoms with Crippen LogP contribution in [0.4, 0.5) is 0 Å². The highest BCUT2D eigenvalue weighted by molar-refractivity contribution is 6.10. The Morgan fingerprint density at radius 2 is 1.20 bits per heavy atom. The summed E-state index contributed by atoms with van der Waals surface area (Å²) in [6.07, 6.45) is 8.70. The molecular formula is C62H45NO. The number of fused-ring (bicyclic) bond motifs is 10. The van der Waals surface area contributed by atoms with Gasteiger partial charge < -0.3 is 9.30 Å². The number of rotatable bonds is 6. The molecule has 13 rings (SSSR count). The summed E-state index contributed by atoms with van der Waals surface area (Å²) in [6, 6.07) is 72.7. The van der Waals surface area contributed by atoms with Crippen LogP contribution in [-0.2, 0) is 5.41 Å². The molecule has 2 nitrogen and oxygen atoms in total. The number of hydrogen-bond acceptors (Lipinski definition) is 1. The number of benzene rings is 9. The number of nitrogens with zero attached hydrogens (tertiary/aromatic N) is 1. The van der Waals surface area contributed by atoms with Gasteiger partial charge in [0.2, 0.25) is 0 Å². The van der Waals surface area contributed by atoms with Gasteiger partial charge in [-0.1, -0.05) is 184 Å². The van der Waals surface area contributed by atoms with Crippen molar-refractivity contribution in [1.82, 2.24) is 4.57 Å². The van der Waals surface area contributed by atoms with E-state index >= 15 is 0 Å². The van der Waals surface area contributed by atoms with Gasteiger partial charge in [0.05, 0.1) is 11.0 Å². The fourth-order valence-corrected chi connectivity index (χ4v) is 11.3. The van der Waals surface area contributed by atoms with E-state index in [4.69, 9.17) is 4.74 Å². The molecule has 0 bridgehead atoms. The van der Waals surface area contributed by atoms with Crippen molar-refractivity contribution >= 4 is 32.6 Å². The van der Waals surface area contributed by atoms with Crippen molar-refractivity contribution in [3.8, 4) is 44.8 Å². The van der Waals surface area contributed by atoms with E-state index in [1.807, 2.05) is 0 Å². The Bertz CT molecular complexity index is 3600. The summed E-state index contributed by atoms with van der Waals surface area (Å²) in [6.45, 7) is 4.72. The molecule has 0 saturated heterocycles. The van der Waals surface area contributed by atoms with Gasteiger partial charge in [-0.25, -0.2) is 0 Å². The van der Waals surface area contributed by atoms with Gasteiger partial charge in [-0.2, -0.15) is 0 Å². The van der Waals surface area contributed by atoms with Crippen LogP contribution in [0.2, 0.25) is 0 Å². The van der Waals surface area contributed by atoms with Crippen LogP contribution >= 0.6 is 0 Å². The lowest BCUT2D eigenvalue weighted by molar-refractivity contribution is 0.269. The zero-order chi connectivity index (χ0) is 42.5. The molecule has 2 heterocycles. The third-order valence-corrected chi connectivity index (χ3v) is 14.5. The lowest BCUT2D eigenvalue weighted by atomic mass is 9.78. The van der Waals surface area contributed by atoms with Gasteiger partial charge in [0, 0.05) is 45.3 Å². The van der Waals surface area contributed by atoms with Crippen molar-refractivity contribution < 1.29 is 4.74 Å². The molecule has 0 N–H and O–H groups in total. The number of hydrogen-bond donors (Lipinski definition) is 0. The second kappa shape index (κ2) is 14.2. The first-order valence-electron chi connectivity index (χ1n) is 22.6. The van der Waals surface area contributed by atoms with E-state index in [0.717, 1.165) is 11.4 Å². The summed E-state index contributed by atoms with van der Waals surface area (Å²) < 4.78 is 8.87. The SMILES string of the molecule is CC1(C)c2ccccc2-c2cc(C(c3ccc4ccccc4c3)c3ccccc3-c3cccc(-c4ccc5c(c4)c4ccccc4n5-c4ccc5c(c4)OC4C=CC=C[C@H]54)c3)ccc21. The molecule has 2 heteroatoms. The molecule has 2 aliphatic carbocycles. The molecule has 3 atom stereocenters. The normalized spacial score (nSPS) is 17.0. The lowest BCUT2D eigenvalue weighted by Crippen LogP contribution is -2.15. The fourth-order valence-electron chi connectivity index (χ4n) is 11.3. The minimum absolute atomic E-state index is 0.00899. The minimum Gasteiger partial charge on any atom is -0.485 e. The third kappa shape index (κ3) is 5.65. The molecule has 0 amide bonds. The van der Waals surface area contributed by atoms with Crippen molar-refractivity contribution in [2.24, 2.45) is 0 Å². The van der Waals surface area contributed by atoms with Crippen LogP contribution in [-0.4, -0.2) is 10.7 Å². The second-order valence-electron chi connectivity index (χ2n) is 18.4. The maximum Gasteiger partial charge on any atom is 0.128 e. The summed E-state index contributed by atoms with van der Waals surface area (Å²) in [5.74, 6) is 1.25. The van der Waals surface area contributed by atoms with Crippen molar-refractivity contribution in [2.75, 3.05) is 0 Å². The fraction of sp³-hybridized carbons (Fsp3) is 0.0968. The van der Waals surface area contributed by atoms with Crippen molar-refractivity contribution in [2.45, 2.75) is 37.2 Å². The van der Waals surface area contributed by atoms with Gasteiger partial charge in [-0.15, -0.1) is 0 Å². The smallest absolute Gasteiger partial charge is 0.128 e. The minimum atomic E-state index is -0.0511. The first-order chi connectivity index (χ1) is 31.5. The van der Waals surface area contributed by atoms with Gasteiger partial charge in [0.15, 0.2) is 0 Å². The summed E-state index contributed by atoms with van der Waals surface area (Å²) in [5, 5.41) is 4.98. The first kappa shape index (κ1) is 36.9. The van der Waals surface area contributed by atoms with Gasteiger partial charge in [0.1, 0.15) is 11.9 Å². The Morgan fingerprint density at radius 3 is 2.14 bits per heavy atom. The van der Waals surface area contributed by atoms with Crippen LogP contribution in [0.1, 0.15) is 59.1 Å². The van der Waals surface area contributed by atoms with Gasteiger partial charge in [-0.3, -0.25) is 0 Å². The Morgan fingerprint density at radius 1 is 0.484 bits per heavy atom. The average molecular weight is 820 g/mol. The molecule has 2 unspecified atom stereocenters. The summed E-state index contributed by atoms with van der Waals surface area (Å²) >= 11 is 0. The molecule has 1 aliphatic heterocycles. The summed E-state index contributed by atoms with van der Waals surface area (Å²) in [5.41, 5.74) is 18.9. The molecule has 10 aromatic rings. The largest absolute Gasteiger partial charge is 0.485 e. The van der Waals surface area contributed by atoms with Crippen LogP contribution in [0.5, 0.6) is 5.75 Å². The third-order valence-electron chi connectivity index (χ3n) is 14.5. The Hall–Kier alpha value is -7.68. The van der Waals surface area contributed by atoms with E-state index in [0.29, 0.717) is 0 Å². The predicted octanol–water partition coefficient (Wildman–Crippen LogP) is 15.7. The first-order valence-corrected chi connectivity index (χ1v) is 22.6. The highest BCUT2D eigenvalue weighted by Gasteiger charge is 2.36. The predicted molar refractivity (Wildman–Crippen MR) is 266 cm³/mol. The average Bonchev–Trinajstić information content (AvgIpc) is 3.96. The Kier molecular flexibility index (Phi) is 8.18. The molecule has 0 spiro atoms. The number of ether oxygens (including phenoxy) is 1. The van der Waals surface area contributed by atoms with Crippen LogP contribution in [0.3, 0.4) is 0 Å². The topological polar surface area (TPSA) is 14.2 Å². The molecule has 0 fully saturated rings. The molecule has 0 saturated carbocycles. The van der Waals surface area contributed by atoms with E-state index in [2.05, 4.69) is 237 Å². The van der Waals surface area contributed by atoms with Crippen LogP contribution in [0.15, 0.2) is 218 Å². The highest BCUT2D eigenvalue weighted by Crippen LogP contribution is 2.51. The molecular weight excluding hydrogens is 775 g/mol. The van der Waals surface area contributed by atoms with E-state index < -0.39 is 0 Å². The summed E-state index contributed by atoms with van der Waals surface area (Å²) in [7, 11) is 0. The van der Waals surface area contributed by atoms with Crippen LogP contribution < -0.4 is 4.74 Å². The molecule has 64 heavy (non-hydrogen) atoms. The molecule has 0 radical (unpaired) electrons. The zero-order valence-corrected chi connectivity index (χ0v) is 35.9. The maximum absolute atomic E-state index is 6.47. The van der Waals surface area contributed by atoms with Crippen LogP contribution in [0, 0.1) is 0 Å². The quantitative estimate of drug-likeness (QED) is 0.152. The zero-order valence-electron chi connectivity index (χ0n) is 35.9. The van der Waals surface area contributed by atoms with E-state index in [1.165, 1.54) is 99.3 Å². The number of allylic oxidation sites excluding steroid dienone is 2. The van der Waals surface area contributed by atoms with Crippen LogP contribution in [0.25, 0.3) is 71.6 Å².